The second-order valence-corrected chi connectivity index (χ2v) is 7.40. The Hall–Kier alpha value is -2.05. The highest BCUT2D eigenvalue weighted by Gasteiger charge is 2.41. The largest absolute Gasteiger partial charge is 0.493 e. The van der Waals surface area contributed by atoms with Crippen molar-refractivity contribution in [1.82, 2.24) is 14.7 Å². The topological polar surface area (TPSA) is 48.8 Å². The zero-order valence-electron chi connectivity index (χ0n) is 16.5. The molecule has 0 aliphatic carbocycles. The van der Waals surface area contributed by atoms with Crippen molar-refractivity contribution >= 4 is 0 Å². The van der Waals surface area contributed by atoms with Crippen LogP contribution in [0.25, 0.3) is 0 Å². The van der Waals surface area contributed by atoms with Gasteiger partial charge in [-0.3, -0.25) is 9.58 Å². The van der Waals surface area contributed by atoms with Crippen LogP contribution >= 0.6 is 0 Å². The Morgan fingerprint density at radius 1 is 1.15 bits per heavy atom. The number of likely N-dealkylation sites (tertiary alicyclic amines) is 1. The van der Waals surface area contributed by atoms with E-state index in [4.69, 9.17) is 14.2 Å². The number of ether oxygens (including phenoxy) is 3. The first kappa shape index (κ1) is 18.3. The first-order valence-electron chi connectivity index (χ1n) is 9.81. The van der Waals surface area contributed by atoms with Crippen molar-refractivity contribution in [2.75, 3.05) is 33.9 Å². The number of nitrogens with zero attached hydrogens (tertiary/aromatic N) is 3. The molecule has 6 heteroatoms. The molecule has 4 rings (SSSR count). The molecule has 2 aliphatic heterocycles. The minimum atomic E-state index is -0.202. The van der Waals surface area contributed by atoms with Gasteiger partial charge in [0.05, 0.1) is 32.1 Å². The van der Waals surface area contributed by atoms with Crippen molar-refractivity contribution in [2.24, 2.45) is 0 Å². The zero-order chi connectivity index (χ0) is 18.9. The molecule has 0 radical (unpaired) electrons. The average Bonchev–Trinajstić information content (AvgIpc) is 3.17. The Morgan fingerprint density at radius 2 is 1.89 bits per heavy atom. The standard InChI is InChI=1S/C21H29N3O3/c1-4-24-9-5-17(22-24)15-23-10-7-21(8-11-23)18-14-20(26-3)19(25-2)13-16(18)6-12-27-21/h5,9,13-14H,4,6-8,10-12,15H2,1-3H3. The van der Waals surface area contributed by atoms with Crippen molar-refractivity contribution in [3.63, 3.8) is 0 Å². The molecular formula is C21H29N3O3. The van der Waals surface area contributed by atoms with Crippen molar-refractivity contribution in [3.8, 4) is 11.5 Å². The van der Waals surface area contributed by atoms with Gasteiger partial charge in [0.25, 0.3) is 0 Å². The number of rotatable bonds is 5. The average molecular weight is 371 g/mol. The highest BCUT2D eigenvalue weighted by Crippen LogP contribution is 2.45. The third kappa shape index (κ3) is 3.44. The summed E-state index contributed by atoms with van der Waals surface area (Å²) in [5.74, 6) is 1.59. The molecule has 0 atom stereocenters. The lowest BCUT2D eigenvalue weighted by Gasteiger charge is -2.45. The number of benzene rings is 1. The summed E-state index contributed by atoms with van der Waals surface area (Å²) in [6, 6.07) is 6.38. The molecule has 1 spiro atoms. The third-order valence-electron chi connectivity index (χ3n) is 5.92. The van der Waals surface area contributed by atoms with Crippen LogP contribution in [0.2, 0.25) is 0 Å². The number of piperidine rings is 1. The maximum atomic E-state index is 6.38. The normalized spacial score (nSPS) is 19.1. The summed E-state index contributed by atoms with van der Waals surface area (Å²) in [4.78, 5) is 2.48. The van der Waals surface area contributed by atoms with Gasteiger partial charge in [-0.2, -0.15) is 5.10 Å². The first-order valence-corrected chi connectivity index (χ1v) is 9.81. The maximum Gasteiger partial charge on any atom is 0.161 e. The summed E-state index contributed by atoms with van der Waals surface area (Å²) in [5.41, 5.74) is 3.55. The number of aromatic nitrogens is 2. The van der Waals surface area contributed by atoms with E-state index in [-0.39, 0.29) is 5.60 Å². The molecular weight excluding hydrogens is 342 g/mol. The highest BCUT2D eigenvalue weighted by molar-refractivity contribution is 5.50. The van der Waals surface area contributed by atoms with Crippen LogP contribution in [-0.4, -0.2) is 48.6 Å². The smallest absolute Gasteiger partial charge is 0.161 e. The number of fused-ring (bicyclic) bond motifs is 2. The highest BCUT2D eigenvalue weighted by atomic mass is 16.5. The molecule has 0 unspecified atom stereocenters. The van der Waals surface area contributed by atoms with Gasteiger partial charge in [0.2, 0.25) is 0 Å². The fourth-order valence-electron chi connectivity index (χ4n) is 4.37. The summed E-state index contributed by atoms with van der Waals surface area (Å²) in [6.45, 7) is 6.71. The Balaban J connectivity index is 1.51. The zero-order valence-corrected chi connectivity index (χ0v) is 16.5. The Kier molecular flexibility index (Phi) is 5.10. The first-order chi connectivity index (χ1) is 13.2. The van der Waals surface area contributed by atoms with Crippen molar-refractivity contribution in [3.05, 3.63) is 41.2 Å². The van der Waals surface area contributed by atoms with Crippen LogP contribution in [0.4, 0.5) is 0 Å². The van der Waals surface area contributed by atoms with E-state index < -0.39 is 0 Å². The monoisotopic (exact) mass is 371 g/mol. The summed E-state index contributed by atoms with van der Waals surface area (Å²) >= 11 is 0. The number of hydrogen-bond acceptors (Lipinski definition) is 5. The SMILES string of the molecule is CCn1ccc(CN2CCC3(CC2)OCCc2cc(OC)c(OC)cc23)n1. The molecule has 1 saturated heterocycles. The molecule has 2 aromatic rings. The molecule has 0 amide bonds. The molecule has 2 aliphatic rings. The minimum absolute atomic E-state index is 0.202. The van der Waals surface area contributed by atoms with Crippen LogP contribution in [0.5, 0.6) is 11.5 Å². The lowest BCUT2D eigenvalue weighted by Crippen LogP contribution is -2.46. The van der Waals surface area contributed by atoms with E-state index in [1.807, 2.05) is 4.68 Å². The van der Waals surface area contributed by atoms with Crippen LogP contribution < -0.4 is 9.47 Å². The van der Waals surface area contributed by atoms with Gasteiger partial charge >= 0.3 is 0 Å². The van der Waals surface area contributed by atoms with Gasteiger partial charge in [-0.1, -0.05) is 0 Å². The van der Waals surface area contributed by atoms with Gasteiger partial charge in [0.15, 0.2) is 11.5 Å². The van der Waals surface area contributed by atoms with E-state index in [2.05, 4.69) is 41.3 Å². The molecule has 27 heavy (non-hydrogen) atoms. The molecule has 1 aromatic heterocycles. The minimum Gasteiger partial charge on any atom is -0.493 e. The van der Waals surface area contributed by atoms with Crippen LogP contribution in [0.15, 0.2) is 24.4 Å². The van der Waals surface area contributed by atoms with E-state index in [0.29, 0.717) is 0 Å². The van der Waals surface area contributed by atoms with E-state index in [1.165, 1.54) is 11.1 Å². The van der Waals surface area contributed by atoms with Gasteiger partial charge in [0.1, 0.15) is 0 Å². The second-order valence-electron chi connectivity index (χ2n) is 7.40. The van der Waals surface area contributed by atoms with Crippen LogP contribution in [-0.2, 0) is 29.8 Å². The number of hydrogen-bond donors (Lipinski definition) is 0. The van der Waals surface area contributed by atoms with Gasteiger partial charge in [-0.05, 0) is 55.5 Å². The van der Waals surface area contributed by atoms with Crippen LogP contribution in [0, 0.1) is 0 Å². The lowest BCUT2D eigenvalue weighted by molar-refractivity contribution is -0.0991. The molecule has 0 N–H and O–H groups in total. The summed E-state index contributed by atoms with van der Waals surface area (Å²) in [7, 11) is 3.39. The molecule has 6 nitrogen and oxygen atoms in total. The lowest BCUT2D eigenvalue weighted by atomic mass is 9.79. The van der Waals surface area contributed by atoms with Crippen LogP contribution in [0.1, 0.15) is 36.6 Å². The van der Waals surface area contributed by atoms with Crippen LogP contribution in [0.3, 0.4) is 0 Å². The Bertz CT molecular complexity index is 794. The van der Waals surface area contributed by atoms with Gasteiger partial charge in [0, 0.05) is 32.4 Å². The quantitative estimate of drug-likeness (QED) is 0.809. The predicted molar refractivity (Wildman–Crippen MR) is 103 cm³/mol. The summed E-state index contributed by atoms with van der Waals surface area (Å²) < 4.78 is 19.4. The maximum absolute atomic E-state index is 6.38. The van der Waals surface area contributed by atoms with Crippen molar-refractivity contribution in [1.29, 1.82) is 0 Å². The van der Waals surface area contributed by atoms with Crippen molar-refractivity contribution in [2.45, 2.75) is 44.9 Å². The Labute approximate surface area is 161 Å². The molecule has 146 valence electrons. The van der Waals surface area contributed by atoms with E-state index in [0.717, 1.165) is 69.2 Å². The molecule has 0 saturated carbocycles. The number of aryl methyl sites for hydroxylation is 1. The fraction of sp³-hybridized carbons (Fsp3) is 0.571. The van der Waals surface area contributed by atoms with Crippen molar-refractivity contribution < 1.29 is 14.2 Å². The summed E-state index contributed by atoms with van der Waals surface area (Å²) in [5, 5.41) is 4.62. The molecule has 1 fully saturated rings. The molecule has 1 aromatic carbocycles. The van der Waals surface area contributed by atoms with Gasteiger partial charge in [-0.25, -0.2) is 0 Å². The fourth-order valence-corrected chi connectivity index (χ4v) is 4.37. The van der Waals surface area contributed by atoms with E-state index in [9.17, 15) is 0 Å². The Morgan fingerprint density at radius 3 is 2.56 bits per heavy atom. The number of methoxy groups -OCH3 is 2. The summed E-state index contributed by atoms with van der Waals surface area (Å²) in [6.07, 6.45) is 4.96. The predicted octanol–water partition coefficient (Wildman–Crippen LogP) is 2.98. The third-order valence-corrected chi connectivity index (χ3v) is 5.92. The van der Waals surface area contributed by atoms with E-state index >= 15 is 0 Å². The second kappa shape index (κ2) is 7.52. The molecule has 3 heterocycles. The van der Waals surface area contributed by atoms with Gasteiger partial charge in [-0.15, -0.1) is 0 Å². The molecule has 0 bridgehead atoms. The van der Waals surface area contributed by atoms with Gasteiger partial charge < -0.3 is 14.2 Å². The van der Waals surface area contributed by atoms with E-state index in [1.54, 1.807) is 14.2 Å².